The van der Waals surface area contributed by atoms with E-state index in [-0.39, 0.29) is 6.29 Å². The van der Waals surface area contributed by atoms with Crippen molar-refractivity contribution < 1.29 is 0 Å². The van der Waals surface area contributed by atoms with Crippen molar-refractivity contribution in [3.05, 3.63) is 133 Å². The summed E-state index contributed by atoms with van der Waals surface area (Å²) in [6.07, 6.45) is 1.60. The molecule has 0 saturated carbocycles. The highest BCUT2D eigenvalue weighted by Crippen LogP contribution is 2.34. The van der Waals surface area contributed by atoms with Crippen LogP contribution in [0.15, 0.2) is 137 Å². The summed E-state index contributed by atoms with van der Waals surface area (Å²) in [5.74, 6) is 0. The van der Waals surface area contributed by atoms with Gasteiger partial charge >= 0.3 is 0 Å². The number of aliphatic imine (C=N–C) groups is 2. The first-order valence-electron chi connectivity index (χ1n) is 12.2. The van der Waals surface area contributed by atoms with E-state index in [2.05, 4.69) is 126 Å². The molecule has 7 rings (SSSR count). The third kappa shape index (κ3) is 3.45. The highest BCUT2D eigenvalue weighted by molar-refractivity contribution is 6.39. The second-order valence-corrected chi connectivity index (χ2v) is 9.07. The highest BCUT2D eigenvalue weighted by atomic mass is 15.3. The number of nitrogens with zero attached hydrogens (tertiary/aromatic N) is 3. The van der Waals surface area contributed by atoms with E-state index in [0.29, 0.717) is 0 Å². The zero-order valence-corrected chi connectivity index (χ0v) is 19.6. The first-order valence-corrected chi connectivity index (χ1v) is 12.2. The largest absolute Gasteiger partial charge is 0.299 e. The molecule has 2 heterocycles. The van der Waals surface area contributed by atoms with Gasteiger partial charge in [0, 0.05) is 16.3 Å². The topological polar surface area (TPSA) is 29.6 Å². The van der Waals surface area contributed by atoms with Crippen LogP contribution in [0, 0.1) is 0 Å². The van der Waals surface area contributed by atoms with Crippen molar-refractivity contribution in [3.8, 4) is 22.3 Å². The normalized spacial score (nSPS) is 15.0. The molecule has 1 unspecified atom stereocenters. The van der Waals surface area contributed by atoms with Gasteiger partial charge in [-0.15, -0.1) is 0 Å². The molecule has 36 heavy (non-hydrogen) atoms. The lowest BCUT2D eigenvalue weighted by Gasteiger charge is -2.11. The zero-order valence-electron chi connectivity index (χ0n) is 19.6. The Morgan fingerprint density at radius 1 is 0.472 bits per heavy atom. The van der Waals surface area contributed by atoms with Crippen LogP contribution in [0.2, 0.25) is 0 Å². The molecule has 1 aliphatic heterocycles. The number of rotatable bonds is 4. The summed E-state index contributed by atoms with van der Waals surface area (Å²) in [5.41, 5.74) is 9.09. The Kier molecular flexibility index (Phi) is 4.85. The second-order valence-electron chi connectivity index (χ2n) is 9.07. The Morgan fingerprint density at radius 2 is 1.00 bits per heavy atom. The quantitative estimate of drug-likeness (QED) is 0.253. The average molecular weight is 462 g/mol. The molecular formula is C33H23N3. The molecule has 0 spiro atoms. The summed E-state index contributed by atoms with van der Waals surface area (Å²) in [7, 11) is 0. The van der Waals surface area contributed by atoms with Crippen molar-refractivity contribution in [1.29, 1.82) is 0 Å². The first-order chi connectivity index (χ1) is 17.8. The average Bonchev–Trinajstić information content (AvgIpc) is 3.57. The van der Waals surface area contributed by atoms with Crippen LogP contribution in [0.1, 0.15) is 11.9 Å². The highest BCUT2D eigenvalue weighted by Gasteiger charge is 2.20. The molecule has 0 N–H and O–H groups in total. The number of fused-ring (bicyclic) bond motifs is 3. The van der Waals surface area contributed by atoms with Crippen LogP contribution in [0.4, 0.5) is 0 Å². The van der Waals surface area contributed by atoms with Crippen molar-refractivity contribution >= 4 is 33.7 Å². The van der Waals surface area contributed by atoms with Gasteiger partial charge in [0.25, 0.3) is 0 Å². The van der Waals surface area contributed by atoms with Crippen LogP contribution in [0.25, 0.3) is 44.1 Å². The van der Waals surface area contributed by atoms with Crippen molar-refractivity contribution in [2.24, 2.45) is 9.98 Å². The summed E-state index contributed by atoms with van der Waals surface area (Å²) in [4.78, 5) is 9.87. The molecule has 1 aliphatic rings. The molecule has 3 nitrogen and oxygen atoms in total. The van der Waals surface area contributed by atoms with Crippen LogP contribution in [0.3, 0.4) is 0 Å². The summed E-state index contributed by atoms with van der Waals surface area (Å²) in [6.45, 7) is 0. The van der Waals surface area contributed by atoms with Crippen LogP contribution in [-0.2, 0) is 0 Å². The lowest BCUT2D eigenvalue weighted by atomic mass is 9.98. The molecular weight excluding hydrogens is 438 g/mol. The van der Waals surface area contributed by atoms with Gasteiger partial charge in [-0.3, -0.25) is 4.57 Å². The van der Waals surface area contributed by atoms with E-state index in [1.807, 2.05) is 12.3 Å². The van der Waals surface area contributed by atoms with Gasteiger partial charge in [-0.2, -0.15) is 0 Å². The zero-order chi connectivity index (χ0) is 23.9. The van der Waals surface area contributed by atoms with Crippen LogP contribution in [0.5, 0.6) is 0 Å². The molecule has 0 amide bonds. The van der Waals surface area contributed by atoms with E-state index < -0.39 is 0 Å². The monoisotopic (exact) mass is 461 g/mol. The van der Waals surface area contributed by atoms with Crippen molar-refractivity contribution in [1.82, 2.24) is 4.57 Å². The molecule has 3 heteroatoms. The summed E-state index contributed by atoms with van der Waals surface area (Å²) >= 11 is 0. The maximum absolute atomic E-state index is 5.05. The van der Waals surface area contributed by atoms with Gasteiger partial charge in [0.1, 0.15) is 0 Å². The Morgan fingerprint density at radius 3 is 1.69 bits per heavy atom. The Bertz CT molecular complexity index is 1720. The molecule has 0 saturated heterocycles. The Labute approximate surface area is 209 Å². The molecule has 5 aromatic carbocycles. The third-order valence-electron chi connectivity index (χ3n) is 6.92. The molecule has 170 valence electrons. The molecule has 0 radical (unpaired) electrons. The molecule has 0 fully saturated rings. The number of hydrogen-bond donors (Lipinski definition) is 0. The van der Waals surface area contributed by atoms with Gasteiger partial charge < -0.3 is 0 Å². The first kappa shape index (κ1) is 20.6. The van der Waals surface area contributed by atoms with Gasteiger partial charge in [-0.05, 0) is 40.5 Å². The van der Waals surface area contributed by atoms with E-state index in [1.165, 1.54) is 33.0 Å². The Balaban J connectivity index is 1.23. The van der Waals surface area contributed by atoms with E-state index in [9.17, 15) is 0 Å². The summed E-state index contributed by atoms with van der Waals surface area (Å²) < 4.78 is 2.24. The maximum Gasteiger partial charge on any atom is 0.221 e. The predicted octanol–water partition coefficient (Wildman–Crippen LogP) is 8.16. The van der Waals surface area contributed by atoms with Crippen LogP contribution >= 0.6 is 0 Å². The fraction of sp³-hybridized carbons (Fsp3) is 0.0303. The van der Waals surface area contributed by atoms with Crippen LogP contribution in [-0.4, -0.2) is 16.5 Å². The number of hydrogen-bond acceptors (Lipinski definition) is 2. The number of benzene rings is 5. The second kappa shape index (κ2) is 8.47. The minimum absolute atomic E-state index is 0.307. The van der Waals surface area contributed by atoms with E-state index in [4.69, 9.17) is 9.98 Å². The minimum atomic E-state index is -0.307. The summed E-state index contributed by atoms with van der Waals surface area (Å²) in [5, 5.41) is 2.46. The SMILES string of the molecule is C1=NC(n2c3ccccc3c3ccccc32)N=C1c1cccc(-c2ccc(-c3ccccc3)cc2)c1. The fourth-order valence-corrected chi connectivity index (χ4v) is 5.15. The molecule has 1 atom stereocenters. The van der Waals surface area contributed by atoms with E-state index in [0.717, 1.165) is 22.3 Å². The van der Waals surface area contributed by atoms with Crippen LogP contribution < -0.4 is 0 Å². The lowest BCUT2D eigenvalue weighted by Crippen LogP contribution is -2.03. The van der Waals surface area contributed by atoms with Gasteiger partial charge in [0.05, 0.1) is 23.0 Å². The fourth-order valence-electron chi connectivity index (χ4n) is 5.15. The van der Waals surface area contributed by atoms with Gasteiger partial charge in [0.2, 0.25) is 6.29 Å². The molecule has 0 aliphatic carbocycles. The van der Waals surface area contributed by atoms with E-state index >= 15 is 0 Å². The molecule has 6 aromatic rings. The maximum atomic E-state index is 5.05. The van der Waals surface area contributed by atoms with Gasteiger partial charge in [0.15, 0.2) is 0 Å². The van der Waals surface area contributed by atoms with Crippen molar-refractivity contribution in [2.45, 2.75) is 6.29 Å². The number of aromatic nitrogens is 1. The van der Waals surface area contributed by atoms with Crippen molar-refractivity contribution in [3.63, 3.8) is 0 Å². The Hall–Kier alpha value is -4.76. The molecule has 1 aromatic heterocycles. The predicted molar refractivity (Wildman–Crippen MR) is 151 cm³/mol. The summed E-state index contributed by atoms with van der Waals surface area (Å²) in [6, 6.07) is 44.8. The lowest BCUT2D eigenvalue weighted by molar-refractivity contribution is 0.599. The number of para-hydroxylation sites is 2. The minimum Gasteiger partial charge on any atom is -0.299 e. The smallest absolute Gasteiger partial charge is 0.221 e. The van der Waals surface area contributed by atoms with E-state index in [1.54, 1.807) is 0 Å². The van der Waals surface area contributed by atoms with Gasteiger partial charge in [-0.1, -0.05) is 109 Å². The van der Waals surface area contributed by atoms with Gasteiger partial charge in [-0.25, -0.2) is 9.98 Å². The van der Waals surface area contributed by atoms with Crippen molar-refractivity contribution in [2.75, 3.05) is 0 Å². The third-order valence-corrected chi connectivity index (χ3v) is 6.92. The standard InChI is InChI=1S/C33H23N3/c1-2-9-23(10-3-1)24-17-19-25(20-18-24)26-11-8-12-27(21-26)30-22-34-33(35-30)36-31-15-6-4-13-28(31)29-14-5-7-16-32(29)36/h1-22,33H. The molecule has 0 bridgehead atoms.